The van der Waals surface area contributed by atoms with E-state index in [-0.39, 0.29) is 12.3 Å². The highest BCUT2D eigenvalue weighted by atomic mass is 32.2. The van der Waals surface area contributed by atoms with Gasteiger partial charge in [0.25, 0.3) is 0 Å². The number of thioether (sulfide) groups is 1. The molecule has 0 aromatic heterocycles. The highest BCUT2D eigenvalue weighted by Gasteiger charge is 2.21. The average Bonchev–Trinajstić information content (AvgIpc) is 2.38. The molecule has 0 heterocycles. The molecule has 0 aliphatic heterocycles. The van der Waals surface area contributed by atoms with Crippen LogP contribution in [0.5, 0.6) is 0 Å². The van der Waals surface area contributed by atoms with Crippen molar-refractivity contribution in [2.24, 2.45) is 0 Å². The summed E-state index contributed by atoms with van der Waals surface area (Å²) in [5, 5.41) is 11.6. The maximum Gasteiger partial charge on any atom is 0.303 e. The Balaban J connectivity index is 2.30. The van der Waals surface area contributed by atoms with Crippen molar-refractivity contribution >= 4 is 23.6 Å². The Hall–Kier alpha value is -1.49. The van der Waals surface area contributed by atoms with Gasteiger partial charge in [-0.2, -0.15) is 0 Å². The van der Waals surface area contributed by atoms with E-state index in [2.05, 4.69) is 29.6 Å². The number of nitrogens with one attached hydrogen (secondary N) is 1. The molecule has 21 heavy (non-hydrogen) atoms. The summed E-state index contributed by atoms with van der Waals surface area (Å²) >= 11 is 1.56. The first-order valence-electron chi connectivity index (χ1n) is 6.94. The fourth-order valence-electron chi connectivity index (χ4n) is 1.84. The Morgan fingerprint density at radius 3 is 2.43 bits per heavy atom. The molecule has 4 nitrogen and oxygen atoms in total. The minimum Gasteiger partial charge on any atom is -0.481 e. The fraction of sp³-hybridized carbons (Fsp3) is 0.500. The number of aryl methyl sites for hydroxylation is 1. The maximum absolute atomic E-state index is 11.9. The second-order valence-electron chi connectivity index (χ2n) is 5.80. The van der Waals surface area contributed by atoms with Gasteiger partial charge in [0.05, 0.1) is 5.75 Å². The van der Waals surface area contributed by atoms with E-state index in [0.29, 0.717) is 12.2 Å². The minimum atomic E-state index is -0.842. The van der Waals surface area contributed by atoms with Crippen molar-refractivity contribution in [1.29, 1.82) is 0 Å². The van der Waals surface area contributed by atoms with E-state index >= 15 is 0 Å². The molecule has 0 unspecified atom stereocenters. The summed E-state index contributed by atoms with van der Waals surface area (Å²) in [6.45, 7) is 5.74. The van der Waals surface area contributed by atoms with Crippen LogP contribution in [0.4, 0.5) is 0 Å². The molecule has 0 saturated heterocycles. The second kappa shape index (κ2) is 8.08. The molecule has 0 radical (unpaired) electrons. The molecular weight excluding hydrogens is 286 g/mol. The van der Waals surface area contributed by atoms with E-state index in [4.69, 9.17) is 5.11 Å². The van der Waals surface area contributed by atoms with Crippen molar-refractivity contribution in [3.8, 4) is 0 Å². The Labute approximate surface area is 130 Å². The van der Waals surface area contributed by atoms with E-state index in [9.17, 15) is 9.59 Å². The number of aliphatic carboxylic acids is 1. The summed E-state index contributed by atoms with van der Waals surface area (Å²) < 4.78 is 0. The predicted molar refractivity (Wildman–Crippen MR) is 86.4 cm³/mol. The van der Waals surface area contributed by atoms with Crippen LogP contribution in [0.3, 0.4) is 0 Å². The molecule has 1 aromatic rings. The van der Waals surface area contributed by atoms with Crippen LogP contribution in [0.1, 0.15) is 37.8 Å². The lowest BCUT2D eigenvalue weighted by Crippen LogP contribution is -2.44. The predicted octanol–water partition coefficient (Wildman–Crippen LogP) is 2.99. The van der Waals surface area contributed by atoms with Crippen molar-refractivity contribution in [3.05, 3.63) is 35.4 Å². The normalized spacial score (nSPS) is 11.2. The molecule has 1 amide bonds. The summed E-state index contributed by atoms with van der Waals surface area (Å²) in [6.07, 6.45) is 0.487. The summed E-state index contributed by atoms with van der Waals surface area (Å²) in [5.41, 5.74) is 1.94. The minimum absolute atomic E-state index is 0.0532. The first-order valence-corrected chi connectivity index (χ1v) is 8.10. The van der Waals surface area contributed by atoms with Crippen LogP contribution < -0.4 is 5.32 Å². The zero-order valence-electron chi connectivity index (χ0n) is 12.8. The third-order valence-corrected chi connectivity index (χ3v) is 4.07. The first-order chi connectivity index (χ1) is 9.78. The lowest BCUT2D eigenvalue weighted by atomic mass is 9.98. The Morgan fingerprint density at radius 2 is 1.86 bits per heavy atom. The van der Waals surface area contributed by atoms with Crippen LogP contribution in [0, 0.1) is 6.92 Å². The summed E-state index contributed by atoms with van der Waals surface area (Å²) in [4.78, 5) is 22.4. The van der Waals surface area contributed by atoms with Crippen LogP contribution in [0.15, 0.2) is 24.3 Å². The number of carboxylic acids is 1. The Kier molecular flexibility index (Phi) is 6.75. The van der Waals surface area contributed by atoms with Gasteiger partial charge in [-0.1, -0.05) is 29.8 Å². The van der Waals surface area contributed by atoms with Gasteiger partial charge in [0.1, 0.15) is 0 Å². The molecule has 0 aliphatic carbocycles. The maximum atomic E-state index is 11.9. The molecule has 0 spiro atoms. The molecule has 1 rings (SSSR count). The zero-order chi connectivity index (χ0) is 15.9. The highest BCUT2D eigenvalue weighted by Crippen LogP contribution is 2.15. The van der Waals surface area contributed by atoms with Crippen LogP contribution in [-0.4, -0.2) is 28.3 Å². The van der Waals surface area contributed by atoms with Crippen LogP contribution in [-0.2, 0) is 15.3 Å². The third-order valence-electron chi connectivity index (χ3n) is 3.06. The van der Waals surface area contributed by atoms with Gasteiger partial charge in [-0.05, 0) is 32.8 Å². The number of benzene rings is 1. The number of hydrogen-bond donors (Lipinski definition) is 2. The second-order valence-corrected chi connectivity index (χ2v) is 6.79. The molecule has 2 N–H and O–H groups in total. The lowest BCUT2D eigenvalue weighted by Gasteiger charge is -2.25. The van der Waals surface area contributed by atoms with Gasteiger partial charge in [-0.25, -0.2) is 0 Å². The van der Waals surface area contributed by atoms with Gasteiger partial charge in [-0.15, -0.1) is 11.8 Å². The number of carbonyl (C=O) groups is 2. The number of rotatable bonds is 8. The van der Waals surface area contributed by atoms with Gasteiger partial charge in [-0.3, -0.25) is 9.59 Å². The smallest absolute Gasteiger partial charge is 0.303 e. The van der Waals surface area contributed by atoms with Crippen molar-refractivity contribution in [2.75, 3.05) is 5.75 Å². The Bertz CT molecular complexity index is 483. The molecule has 116 valence electrons. The number of carboxylic acid groups (broad SMARTS) is 1. The van der Waals surface area contributed by atoms with Gasteiger partial charge < -0.3 is 10.4 Å². The van der Waals surface area contributed by atoms with Crippen LogP contribution in [0.25, 0.3) is 0 Å². The molecule has 0 fully saturated rings. The van der Waals surface area contributed by atoms with Crippen LogP contribution >= 0.6 is 11.8 Å². The van der Waals surface area contributed by atoms with Crippen molar-refractivity contribution in [1.82, 2.24) is 5.32 Å². The summed E-state index contributed by atoms with van der Waals surface area (Å²) in [6, 6.07) is 8.25. The van der Waals surface area contributed by atoms with E-state index in [1.54, 1.807) is 11.8 Å². The SMILES string of the molecule is Cc1ccc(CSCC(=O)NC(C)(C)CCC(=O)O)cc1. The van der Waals surface area contributed by atoms with Gasteiger partial charge in [0.15, 0.2) is 0 Å². The third kappa shape index (κ3) is 7.75. The van der Waals surface area contributed by atoms with Gasteiger partial charge in [0, 0.05) is 17.7 Å². The van der Waals surface area contributed by atoms with Crippen LogP contribution in [0.2, 0.25) is 0 Å². The quantitative estimate of drug-likeness (QED) is 0.775. The Morgan fingerprint density at radius 1 is 1.24 bits per heavy atom. The highest BCUT2D eigenvalue weighted by molar-refractivity contribution is 7.99. The number of hydrogen-bond acceptors (Lipinski definition) is 3. The lowest BCUT2D eigenvalue weighted by molar-refractivity contribution is -0.137. The standard InChI is InChI=1S/C16H23NO3S/c1-12-4-6-13(7-5-12)10-21-11-14(18)17-16(2,3)9-8-15(19)20/h4-7H,8-11H2,1-3H3,(H,17,18)(H,19,20). The van der Waals surface area contributed by atoms with Gasteiger partial charge in [0.2, 0.25) is 5.91 Å². The molecule has 1 aromatic carbocycles. The zero-order valence-corrected chi connectivity index (χ0v) is 13.6. The summed E-state index contributed by atoms with van der Waals surface area (Å²) in [5.74, 6) is 0.279. The topological polar surface area (TPSA) is 66.4 Å². The number of amides is 1. The van der Waals surface area contributed by atoms with Crippen molar-refractivity contribution in [3.63, 3.8) is 0 Å². The largest absolute Gasteiger partial charge is 0.481 e. The van der Waals surface area contributed by atoms with Crippen molar-refractivity contribution in [2.45, 2.75) is 44.9 Å². The van der Waals surface area contributed by atoms with E-state index < -0.39 is 11.5 Å². The first kappa shape index (κ1) is 17.6. The molecule has 0 saturated carbocycles. The molecule has 0 aliphatic rings. The summed E-state index contributed by atoms with van der Waals surface area (Å²) in [7, 11) is 0. The van der Waals surface area contributed by atoms with E-state index in [1.165, 1.54) is 11.1 Å². The van der Waals surface area contributed by atoms with E-state index in [1.807, 2.05) is 20.8 Å². The monoisotopic (exact) mass is 309 g/mol. The molecule has 0 bridgehead atoms. The van der Waals surface area contributed by atoms with E-state index in [0.717, 1.165) is 5.75 Å². The molecule has 0 atom stereocenters. The average molecular weight is 309 g/mol. The van der Waals surface area contributed by atoms with Crippen molar-refractivity contribution < 1.29 is 14.7 Å². The molecule has 5 heteroatoms. The number of carbonyl (C=O) groups excluding carboxylic acids is 1. The molecular formula is C16H23NO3S. The fourth-order valence-corrected chi connectivity index (χ4v) is 2.63. The van der Waals surface area contributed by atoms with Gasteiger partial charge >= 0.3 is 5.97 Å².